The van der Waals surface area contributed by atoms with Crippen molar-refractivity contribution in [1.82, 2.24) is 14.8 Å². The summed E-state index contributed by atoms with van der Waals surface area (Å²) < 4.78 is 8.60. The van der Waals surface area contributed by atoms with E-state index in [1.165, 1.54) is 11.8 Å². The number of hydrogen-bond acceptors (Lipinski definition) is 5. The van der Waals surface area contributed by atoms with Crippen LogP contribution in [-0.4, -0.2) is 26.4 Å². The standard InChI is InChI=1S/C20H19BrCl2N4O2S/c1-3-27-19(12(2)29-17-7-5-4-6-16(17)23)25-26-20(27)30-11-18(28)24-13-8-9-15(22)14(21)10-13/h4-10,12H,3,11H2,1-2H3,(H,24,28)/t12-/m1/s1. The zero-order valence-corrected chi connectivity index (χ0v) is 20.1. The zero-order valence-electron chi connectivity index (χ0n) is 16.2. The smallest absolute Gasteiger partial charge is 0.234 e. The number of anilines is 1. The first-order valence-corrected chi connectivity index (χ1v) is 11.6. The number of carbonyl (C=O) groups excluding carboxylic acids is 1. The minimum atomic E-state index is -0.355. The molecule has 0 saturated carbocycles. The molecule has 0 aliphatic heterocycles. The summed E-state index contributed by atoms with van der Waals surface area (Å²) in [6, 6.07) is 12.5. The number of para-hydroxylation sites is 1. The molecule has 0 bridgehead atoms. The molecule has 2 aromatic carbocycles. The Bertz CT molecular complexity index is 1050. The summed E-state index contributed by atoms with van der Waals surface area (Å²) >= 11 is 16.8. The van der Waals surface area contributed by atoms with Gasteiger partial charge < -0.3 is 14.6 Å². The number of nitrogens with zero attached hydrogens (tertiary/aromatic N) is 3. The highest BCUT2D eigenvalue weighted by Crippen LogP contribution is 2.30. The third-order valence-corrected chi connectivity index (χ3v) is 6.59. The van der Waals surface area contributed by atoms with E-state index in [-0.39, 0.29) is 17.8 Å². The highest BCUT2D eigenvalue weighted by Gasteiger charge is 2.20. The Morgan fingerprint density at radius 3 is 2.70 bits per heavy atom. The van der Waals surface area contributed by atoms with Crippen molar-refractivity contribution >= 4 is 62.5 Å². The van der Waals surface area contributed by atoms with Crippen molar-refractivity contribution < 1.29 is 9.53 Å². The van der Waals surface area contributed by atoms with E-state index in [9.17, 15) is 4.79 Å². The Morgan fingerprint density at radius 2 is 2.00 bits per heavy atom. The van der Waals surface area contributed by atoms with E-state index in [0.29, 0.717) is 39.0 Å². The van der Waals surface area contributed by atoms with Gasteiger partial charge in [0.1, 0.15) is 5.75 Å². The van der Waals surface area contributed by atoms with Crippen LogP contribution in [0.1, 0.15) is 25.8 Å². The number of amides is 1. The Labute approximate surface area is 197 Å². The first-order valence-electron chi connectivity index (χ1n) is 9.11. The van der Waals surface area contributed by atoms with Crippen LogP contribution in [-0.2, 0) is 11.3 Å². The Hall–Kier alpha value is -1.74. The van der Waals surface area contributed by atoms with E-state index in [0.717, 1.165) is 4.47 Å². The maximum Gasteiger partial charge on any atom is 0.234 e. The average Bonchev–Trinajstić information content (AvgIpc) is 3.14. The summed E-state index contributed by atoms with van der Waals surface area (Å²) in [5.74, 6) is 1.29. The van der Waals surface area contributed by atoms with Gasteiger partial charge in [-0.05, 0) is 60.1 Å². The van der Waals surface area contributed by atoms with E-state index in [1.807, 2.05) is 30.5 Å². The fourth-order valence-electron chi connectivity index (χ4n) is 2.69. The molecule has 10 heteroatoms. The molecule has 3 rings (SSSR count). The summed E-state index contributed by atoms with van der Waals surface area (Å²) in [5.41, 5.74) is 0.663. The predicted molar refractivity (Wildman–Crippen MR) is 125 cm³/mol. The second-order valence-corrected chi connectivity index (χ2v) is 8.85. The molecule has 1 aromatic heterocycles. The Kier molecular flexibility index (Phi) is 8.05. The molecular weight excluding hydrogens is 511 g/mol. The number of hydrogen-bond donors (Lipinski definition) is 1. The third kappa shape index (κ3) is 5.69. The highest BCUT2D eigenvalue weighted by atomic mass is 79.9. The molecule has 0 saturated heterocycles. The Morgan fingerprint density at radius 1 is 1.23 bits per heavy atom. The van der Waals surface area contributed by atoms with Crippen molar-refractivity contribution in [2.24, 2.45) is 0 Å². The number of aromatic nitrogens is 3. The monoisotopic (exact) mass is 528 g/mol. The van der Waals surface area contributed by atoms with Crippen LogP contribution in [0.4, 0.5) is 5.69 Å². The van der Waals surface area contributed by atoms with Crippen LogP contribution in [0, 0.1) is 0 Å². The zero-order chi connectivity index (χ0) is 21.7. The molecule has 0 aliphatic rings. The fraction of sp³-hybridized carbons (Fsp3) is 0.250. The molecule has 1 atom stereocenters. The van der Waals surface area contributed by atoms with Crippen molar-refractivity contribution in [1.29, 1.82) is 0 Å². The predicted octanol–water partition coefficient (Wildman–Crippen LogP) is 6.24. The van der Waals surface area contributed by atoms with Crippen molar-refractivity contribution in [3.8, 4) is 5.75 Å². The second-order valence-electron chi connectivity index (χ2n) is 6.24. The lowest BCUT2D eigenvalue weighted by Gasteiger charge is -2.16. The lowest BCUT2D eigenvalue weighted by Crippen LogP contribution is -2.15. The van der Waals surface area contributed by atoms with Crippen LogP contribution in [0.5, 0.6) is 5.75 Å². The molecule has 1 heterocycles. The molecule has 6 nitrogen and oxygen atoms in total. The number of benzene rings is 2. The maximum atomic E-state index is 12.3. The number of halogens is 3. The van der Waals surface area contributed by atoms with E-state index in [4.69, 9.17) is 27.9 Å². The first-order chi connectivity index (χ1) is 14.4. The summed E-state index contributed by atoms with van der Waals surface area (Å²) in [7, 11) is 0. The second kappa shape index (κ2) is 10.5. The molecule has 30 heavy (non-hydrogen) atoms. The average molecular weight is 530 g/mol. The normalized spacial score (nSPS) is 11.9. The molecule has 158 valence electrons. The van der Waals surface area contributed by atoms with Gasteiger partial charge in [0.15, 0.2) is 17.1 Å². The molecule has 0 unspecified atom stereocenters. The molecule has 1 N–H and O–H groups in total. The van der Waals surface area contributed by atoms with Crippen LogP contribution in [0.3, 0.4) is 0 Å². The van der Waals surface area contributed by atoms with E-state index in [2.05, 4.69) is 31.4 Å². The summed E-state index contributed by atoms with van der Waals surface area (Å²) in [6.45, 7) is 4.52. The van der Waals surface area contributed by atoms with E-state index < -0.39 is 0 Å². The lowest BCUT2D eigenvalue weighted by atomic mass is 10.3. The summed E-state index contributed by atoms with van der Waals surface area (Å²) in [6.07, 6.45) is -0.355. The van der Waals surface area contributed by atoms with Gasteiger partial charge in [0.25, 0.3) is 0 Å². The van der Waals surface area contributed by atoms with Gasteiger partial charge in [-0.15, -0.1) is 10.2 Å². The molecule has 0 fully saturated rings. The first kappa shape index (κ1) is 22.9. The van der Waals surface area contributed by atoms with Crippen molar-refractivity contribution in [3.63, 3.8) is 0 Å². The summed E-state index contributed by atoms with van der Waals surface area (Å²) in [5, 5.41) is 13.1. The number of nitrogens with one attached hydrogen (secondary N) is 1. The molecule has 3 aromatic rings. The minimum absolute atomic E-state index is 0.151. The van der Waals surface area contributed by atoms with Gasteiger partial charge in [0.05, 0.1) is 15.8 Å². The number of ether oxygens (including phenoxy) is 1. The quantitative estimate of drug-likeness (QED) is 0.350. The highest BCUT2D eigenvalue weighted by molar-refractivity contribution is 9.10. The van der Waals surface area contributed by atoms with E-state index >= 15 is 0 Å². The molecule has 1 amide bonds. The maximum absolute atomic E-state index is 12.3. The van der Waals surface area contributed by atoms with Crippen LogP contribution in [0.15, 0.2) is 52.1 Å². The van der Waals surface area contributed by atoms with Crippen LogP contribution >= 0.6 is 50.9 Å². The topological polar surface area (TPSA) is 69.0 Å². The van der Waals surface area contributed by atoms with Gasteiger partial charge in [-0.25, -0.2) is 0 Å². The number of carbonyl (C=O) groups is 1. The molecule has 0 spiro atoms. The fourth-order valence-corrected chi connectivity index (χ4v) is 4.18. The van der Waals surface area contributed by atoms with Crippen LogP contribution in [0.2, 0.25) is 10.0 Å². The van der Waals surface area contributed by atoms with Crippen LogP contribution < -0.4 is 10.1 Å². The Balaban J connectivity index is 1.64. The van der Waals surface area contributed by atoms with Gasteiger partial charge in [-0.1, -0.05) is 47.1 Å². The van der Waals surface area contributed by atoms with Gasteiger partial charge in [-0.2, -0.15) is 0 Å². The largest absolute Gasteiger partial charge is 0.481 e. The van der Waals surface area contributed by atoms with Crippen LogP contribution in [0.25, 0.3) is 0 Å². The van der Waals surface area contributed by atoms with Gasteiger partial charge >= 0.3 is 0 Å². The van der Waals surface area contributed by atoms with Gasteiger partial charge in [0, 0.05) is 16.7 Å². The lowest BCUT2D eigenvalue weighted by molar-refractivity contribution is -0.113. The SMILES string of the molecule is CCn1c(SCC(=O)Nc2ccc(Cl)c(Br)c2)nnc1[C@@H](C)Oc1ccccc1Cl. The molecule has 0 aliphatic carbocycles. The number of thioether (sulfide) groups is 1. The molecular formula is C20H19BrCl2N4O2S. The minimum Gasteiger partial charge on any atom is -0.481 e. The van der Waals surface area contributed by atoms with Crippen molar-refractivity contribution in [2.75, 3.05) is 11.1 Å². The van der Waals surface area contributed by atoms with Crippen molar-refractivity contribution in [2.45, 2.75) is 31.7 Å². The van der Waals surface area contributed by atoms with Gasteiger partial charge in [0.2, 0.25) is 5.91 Å². The van der Waals surface area contributed by atoms with E-state index in [1.54, 1.807) is 30.3 Å². The number of rotatable bonds is 8. The summed E-state index contributed by atoms with van der Waals surface area (Å²) in [4.78, 5) is 12.3. The third-order valence-electron chi connectivity index (χ3n) is 4.10. The molecule has 0 radical (unpaired) electrons. The van der Waals surface area contributed by atoms with Crippen molar-refractivity contribution in [3.05, 3.63) is 62.8 Å². The van der Waals surface area contributed by atoms with Gasteiger partial charge in [-0.3, -0.25) is 4.79 Å².